The van der Waals surface area contributed by atoms with Gasteiger partial charge in [-0.15, -0.1) is 0 Å². The number of rotatable bonds is 12. The first-order valence-electron chi connectivity index (χ1n) is 9.73. The Morgan fingerprint density at radius 3 is 1.79 bits per heavy atom. The number of carbonyl (C=O) groups is 1. The summed E-state index contributed by atoms with van der Waals surface area (Å²) in [6, 6.07) is 0. The zero-order valence-corrected chi connectivity index (χ0v) is 21.0. The van der Waals surface area contributed by atoms with Crippen molar-refractivity contribution in [2.24, 2.45) is 5.92 Å². The van der Waals surface area contributed by atoms with Crippen LogP contribution in [0.2, 0.25) is 0 Å². The topological polar surface area (TPSA) is 164 Å². The molecule has 1 saturated heterocycles. The smallest absolute Gasteiger partial charge is 0.462 e. The fourth-order valence-corrected chi connectivity index (χ4v) is 6.78. The van der Waals surface area contributed by atoms with Crippen LogP contribution in [0.25, 0.3) is 0 Å². The number of alkyl halides is 9. The first-order chi connectivity index (χ1) is 16.8. The molecule has 11 nitrogen and oxygen atoms in total. The number of ether oxygens (including phenoxy) is 1. The van der Waals surface area contributed by atoms with E-state index >= 15 is 0 Å². The van der Waals surface area contributed by atoms with E-state index in [1.54, 1.807) is 0 Å². The van der Waals surface area contributed by atoms with Crippen LogP contribution in [-0.4, -0.2) is 88.9 Å². The number of sulfonamides is 3. The van der Waals surface area contributed by atoms with E-state index in [4.69, 9.17) is 9.84 Å². The summed E-state index contributed by atoms with van der Waals surface area (Å²) in [4.78, 5) is 11.4. The molecule has 1 rings (SSSR count). The predicted molar refractivity (Wildman–Crippen MR) is 107 cm³/mol. The van der Waals surface area contributed by atoms with E-state index in [2.05, 4.69) is 6.58 Å². The van der Waals surface area contributed by atoms with Crippen LogP contribution >= 0.6 is 0 Å². The van der Waals surface area contributed by atoms with Gasteiger partial charge in [-0.3, -0.25) is 0 Å². The highest BCUT2D eigenvalue weighted by molar-refractivity contribution is 8.05. The second kappa shape index (κ2) is 11.1. The lowest BCUT2D eigenvalue weighted by molar-refractivity contribution is -0.245. The zero-order chi connectivity index (χ0) is 30.2. The molecule has 0 aromatic heterocycles. The first-order valence-corrected chi connectivity index (χ1v) is 14.1. The van der Waals surface area contributed by atoms with Crippen molar-refractivity contribution < 1.29 is 79.4 Å². The van der Waals surface area contributed by atoms with Gasteiger partial charge in [-0.2, -0.15) is 43.8 Å². The number of hydrogen-bond acceptors (Lipinski definition) is 9. The van der Waals surface area contributed by atoms with Crippen LogP contribution in [0.3, 0.4) is 0 Å². The molecule has 2 N–H and O–H groups in total. The molecule has 0 unspecified atom stereocenters. The number of carbonyl (C=O) groups excluding carboxylic acids is 1. The highest BCUT2D eigenvalue weighted by Gasteiger charge is 2.83. The van der Waals surface area contributed by atoms with E-state index in [9.17, 15) is 69.6 Å². The van der Waals surface area contributed by atoms with Crippen molar-refractivity contribution in [3.05, 3.63) is 12.2 Å². The van der Waals surface area contributed by atoms with Crippen LogP contribution in [0, 0.1) is 5.92 Å². The number of nitrogens with zero attached hydrogens (tertiary/aromatic N) is 1. The average molecular weight is 639 g/mol. The summed E-state index contributed by atoms with van der Waals surface area (Å²) in [5.74, 6) is -9.03. The van der Waals surface area contributed by atoms with Gasteiger partial charge in [0.15, 0.2) is 0 Å². The molecule has 224 valence electrons. The molecule has 38 heavy (non-hydrogen) atoms. The van der Waals surface area contributed by atoms with E-state index in [-0.39, 0.29) is 35.7 Å². The van der Waals surface area contributed by atoms with Crippen molar-refractivity contribution >= 4 is 36.0 Å². The highest BCUT2D eigenvalue weighted by Crippen LogP contribution is 2.52. The van der Waals surface area contributed by atoms with Gasteiger partial charge >= 0.3 is 37.9 Å². The summed E-state index contributed by atoms with van der Waals surface area (Å²) < 4.78 is 194. The molecule has 0 atom stereocenters. The number of hydrogen-bond donors (Lipinski definition) is 2. The molecule has 0 bridgehead atoms. The molecule has 1 fully saturated rings. The van der Waals surface area contributed by atoms with Crippen molar-refractivity contribution in [2.45, 2.75) is 41.2 Å². The summed E-state index contributed by atoms with van der Waals surface area (Å²) in [7, 11) is -22.0. The zero-order valence-electron chi connectivity index (χ0n) is 18.5. The highest BCUT2D eigenvalue weighted by atomic mass is 32.3. The van der Waals surface area contributed by atoms with Gasteiger partial charge in [-0.1, -0.05) is 10.7 Å². The Balaban J connectivity index is 3.09. The van der Waals surface area contributed by atoms with Gasteiger partial charge in [0.05, 0.1) is 18.8 Å². The lowest BCUT2D eigenvalue weighted by Crippen LogP contribution is -2.65. The maximum atomic E-state index is 14.3. The van der Waals surface area contributed by atoms with Gasteiger partial charge in [0, 0.05) is 13.1 Å². The monoisotopic (exact) mass is 638 g/mol. The Kier molecular flexibility index (Phi) is 9.99. The van der Waals surface area contributed by atoms with Crippen LogP contribution in [0.4, 0.5) is 39.5 Å². The van der Waals surface area contributed by atoms with Gasteiger partial charge in [-0.25, -0.2) is 30.0 Å². The van der Waals surface area contributed by atoms with Gasteiger partial charge in [0.2, 0.25) is 0 Å². The van der Waals surface area contributed by atoms with E-state index in [1.807, 2.05) is 0 Å². The minimum Gasteiger partial charge on any atom is -0.462 e. The molecule has 23 heteroatoms. The lowest BCUT2D eigenvalue weighted by atomic mass is 9.95. The summed E-state index contributed by atoms with van der Waals surface area (Å²) >= 11 is 0. The summed E-state index contributed by atoms with van der Waals surface area (Å²) in [5, 5.41) is -5.63. The molecule has 0 spiro atoms. The lowest BCUT2D eigenvalue weighted by Gasteiger charge is -2.37. The van der Waals surface area contributed by atoms with Crippen molar-refractivity contribution in [3.8, 4) is 0 Å². The van der Waals surface area contributed by atoms with Crippen LogP contribution in [0.5, 0.6) is 0 Å². The van der Waals surface area contributed by atoms with Crippen LogP contribution < -0.4 is 4.13 Å². The third kappa shape index (κ3) is 6.37. The fraction of sp³-hybridized carbons (Fsp3) is 0.800. The molecule has 0 saturated carbocycles. The molecule has 0 radical (unpaired) electrons. The minimum atomic E-state index is -7.83. The molecule has 0 aromatic carbocycles. The molecule has 0 aliphatic carbocycles. The Labute approximate surface area is 209 Å². The number of aliphatic hydroxyl groups is 1. The quantitative estimate of drug-likeness (QED) is 0.181. The minimum absolute atomic E-state index is 0.0133. The molecule has 1 aliphatic heterocycles. The summed E-state index contributed by atoms with van der Waals surface area (Å²) in [6.45, 7) is 0.154. The van der Waals surface area contributed by atoms with E-state index in [1.165, 1.54) is 0 Å². The number of piperidine rings is 1. The molecular weight excluding hydrogens is 619 g/mol. The first kappa shape index (κ1) is 34.3. The standard InChI is InChI=1S/C15H19F9N2O9S3/c1-9(8-27)11(28)35-7-4-10-2-5-26(6-3-10)38(33,34)14(20,21)12(16,17)13(18,19)36(29,30)25-37(31,32)15(22,23)24/h10,25,27H,1-8H2. The van der Waals surface area contributed by atoms with E-state index in [0.29, 0.717) is 0 Å². The molecular formula is C15H19F9N2O9S3. The maximum absolute atomic E-state index is 14.3. The molecule has 1 aliphatic rings. The Bertz CT molecular complexity index is 1230. The van der Waals surface area contributed by atoms with E-state index in [0.717, 1.165) is 0 Å². The fourth-order valence-electron chi connectivity index (χ4n) is 2.83. The van der Waals surface area contributed by atoms with Crippen LogP contribution in [-0.2, 0) is 39.6 Å². The van der Waals surface area contributed by atoms with Gasteiger partial charge < -0.3 is 9.84 Å². The van der Waals surface area contributed by atoms with Gasteiger partial charge in [0.1, 0.15) is 0 Å². The number of halogens is 9. The number of esters is 1. The number of aliphatic hydroxyl groups excluding tert-OH is 1. The Hall–Kier alpha value is -1.69. The normalized spacial score (nSPS) is 17.8. The van der Waals surface area contributed by atoms with E-state index < -0.39 is 87.7 Å². The van der Waals surface area contributed by atoms with Gasteiger partial charge in [-0.05, 0) is 25.2 Å². The SMILES string of the molecule is C=C(CO)C(=O)OCCC1CCN(S(=O)(=O)C(F)(F)C(F)(F)C(F)(F)S(=O)(=O)NS(=O)(=O)C(F)(F)F)CC1. The molecule has 0 amide bonds. The molecule has 1 heterocycles. The van der Waals surface area contributed by atoms with Crippen molar-refractivity contribution in [3.63, 3.8) is 0 Å². The second-order valence-corrected chi connectivity index (χ2v) is 13.3. The van der Waals surface area contributed by atoms with Crippen molar-refractivity contribution in [2.75, 3.05) is 26.3 Å². The van der Waals surface area contributed by atoms with Crippen molar-refractivity contribution in [1.82, 2.24) is 8.43 Å². The average Bonchev–Trinajstić information content (AvgIpc) is 2.76. The van der Waals surface area contributed by atoms with Crippen LogP contribution in [0.1, 0.15) is 19.3 Å². The summed E-state index contributed by atoms with van der Waals surface area (Å²) in [6.07, 6.45) is -0.737. The second-order valence-electron chi connectivity index (χ2n) is 7.68. The maximum Gasteiger partial charge on any atom is 0.512 e. The van der Waals surface area contributed by atoms with Crippen LogP contribution in [0.15, 0.2) is 12.2 Å². The predicted octanol–water partition coefficient (Wildman–Crippen LogP) is 1.10. The largest absolute Gasteiger partial charge is 0.512 e. The third-order valence-corrected chi connectivity index (χ3v) is 10.3. The number of nitrogens with one attached hydrogen (secondary N) is 1. The summed E-state index contributed by atoms with van der Waals surface area (Å²) in [5.41, 5.74) is -6.96. The third-order valence-electron chi connectivity index (χ3n) is 5.07. The van der Waals surface area contributed by atoms with Gasteiger partial charge in [0.25, 0.3) is 20.0 Å². The Morgan fingerprint density at radius 1 is 0.895 bits per heavy atom. The Morgan fingerprint density at radius 2 is 1.37 bits per heavy atom. The molecule has 0 aromatic rings. The van der Waals surface area contributed by atoms with Crippen molar-refractivity contribution in [1.29, 1.82) is 0 Å².